The van der Waals surface area contributed by atoms with Crippen molar-refractivity contribution in [1.29, 1.82) is 0 Å². The Morgan fingerprint density at radius 1 is 1.00 bits per heavy atom. The van der Waals surface area contributed by atoms with Crippen molar-refractivity contribution in [3.05, 3.63) is 70.8 Å². The average molecular weight is 372 g/mol. The van der Waals surface area contributed by atoms with E-state index in [-0.39, 0.29) is 12.0 Å². The summed E-state index contributed by atoms with van der Waals surface area (Å²) < 4.78 is 63.7. The van der Waals surface area contributed by atoms with Crippen LogP contribution in [0.4, 0.5) is 22.0 Å². The fourth-order valence-electron chi connectivity index (χ4n) is 2.17. The first-order valence-electron chi connectivity index (χ1n) is 7.29. The molecule has 0 spiro atoms. The zero-order chi connectivity index (χ0) is 19.5. The van der Waals surface area contributed by atoms with E-state index in [0.29, 0.717) is 11.6 Å². The first-order chi connectivity index (χ1) is 12.1. The number of nitrogens with two attached hydrogens (primary N) is 1. The van der Waals surface area contributed by atoms with Crippen LogP contribution in [-0.2, 0) is 17.4 Å². The molecule has 0 heterocycles. The van der Waals surface area contributed by atoms with Gasteiger partial charge in [0.2, 0.25) is 5.91 Å². The summed E-state index contributed by atoms with van der Waals surface area (Å²) in [5.74, 6) is -4.19. The van der Waals surface area contributed by atoms with Gasteiger partial charge < -0.3 is 11.1 Å². The lowest BCUT2D eigenvalue weighted by atomic mass is 10.0. The summed E-state index contributed by atoms with van der Waals surface area (Å²) in [5, 5.41) is 2.25. The van der Waals surface area contributed by atoms with Crippen LogP contribution in [0.1, 0.15) is 21.5 Å². The summed E-state index contributed by atoms with van der Waals surface area (Å²) in [6.45, 7) is 0. The molecular formula is C17H13F5N2O2. The Morgan fingerprint density at radius 2 is 1.62 bits per heavy atom. The fraction of sp³-hybridized carbons (Fsp3) is 0.176. The molecule has 4 nitrogen and oxygen atoms in total. The van der Waals surface area contributed by atoms with Gasteiger partial charge in [-0.3, -0.25) is 9.59 Å². The highest BCUT2D eigenvalue weighted by molar-refractivity contribution is 5.97. The van der Waals surface area contributed by atoms with Crippen LogP contribution in [0.3, 0.4) is 0 Å². The van der Waals surface area contributed by atoms with Crippen molar-refractivity contribution in [2.75, 3.05) is 0 Å². The van der Waals surface area contributed by atoms with Crippen molar-refractivity contribution in [3.63, 3.8) is 0 Å². The summed E-state index contributed by atoms with van der Waals surface area (Å²) >= 11 is 0. The van der Waals surface area contributed by atoms with E-state index < -0.39 is 41.2 Å². The van der Waals surface area contributed by atoms with Gasteiger partial charge in [-0.1, -0.05) is 12.1 Å². The average Bonchev–Trinajstić information content (AvgIpc) is 2.56. The van der Waals surface area contributed by atoms with Crippen LogP contribution in [0.25, 0.3) is 0 Å². The highest BCUT2D eigenvalue weighted by atomic mass is 19.4. The lowest BCUT2D eigenvalue weighted by molar-refractivity contribution is -0.137. The standard InChI is InChI=1S/C17H13F5N2O2/c18-12-6-3-10(8-13(12)19)16(26)24-14(15(23)25)7-9-1-4-11(5-2-9)17(20,21)22/h1-6,8,14H,7H2,(H2,23,25)(H,24,26)/t14-/m1/s1. The predicted octanol–water partition coefficient (Wildman–Crippen LogP) is 2.81. The molecule has 0 saturated heterocycles. The Hall–Kier alpha value is -2.97. The molecule has 0 saturated carbocycles. The smallest absolute Gasteiger partial charge is 0.368 e. The summed E-state index contributed by atoms with van der Waals surface area (Å²) in [6.07, 6.45) is -4.66. The number of carbonyl (C=O) groups is 2. The van der Waals surface area contributed by atoms with Crippen molar-refractivity contribution < 1.29 is 31.5 Å². The zero-order valence-electron chi connectivity index (χ0n) is 13.1. The monoisotopic (exact) mass is 372 g/mol. The maximum Gasteiger partial charge on any atom is 0.416 e. The molecular weight excluding hydrogens is 359 g/mol. The van der Waals surface area contributed by atoms with Crippen LogP contribution in [0.15, 0.2) is 42.5 Å². The second kappa shape index (κ2) is 7.51. The third-order valence-electron chi connectivity index (χ3n) is 3.55. The maximum atomic E-state index is 13.2. The van der Waals surface area contributed by atoms with E-state index in [1.54, 1.807) is 0 Å². The molecule has 0 aliphatic rings. The van der Waals surface area contributed by atoms with Gasteiger partial charge in [0.1, 0.15) is 6.04 Å². The van der Waals surface area contributed by atoms with Crippen LogP contribution >= 0.6 is 0 Å². The molecule has 1 atom stereocenters. The summed E-state index contributed by atoms with van der Waals surface area (Å²) in [6, 6.07) is 5.16. The number of halogens is 5. The number of nitrogens with one attached hydrogen (secondary N) is 1. The van der Waals surface area contributed by atoms with Gasteiger partial charge in [-0.15, -0.1) is 0 Å². The highest BCUT2D eigenvalue weighted by Gasteiger charge is 2.30. The zero-order valence-corrected chi connectivity index (χ0v) is 13.1. The molecule has 0 fully saturated rings. The molecule has 26 heavy (non-hydrogen) atoms. The van der Waals surface area contributed by atoms with Gasteiger partial charge in [-0.25, -0.2) is 8.78 Å². The van der Waals surface area contributed by atoms with Gasteiger partial charge in [0, 0.05) is 12.0 Å². The van der Waals surface area contributed by atoms with Crippen LogP contribution in [-0.4, -0.2) is 17.9 Å². The lowest BCUT2D eigenvalue weighted by Crippen LogP contribution is -2.45. The van der Waals surface area contributed by atoms with Gasteiger partial charge in [0.15, 0.2) is 11.6 Å². The van der Waals surface area contributed by atoms with Crippen molar-refractivity contribution in [3.8, 4) is 0 Å². The molecule has 2 aromatic carbocycles. The SMILES string of the molecule is NC(=O)[C@@H](Cc1ccc(C(F)(F)F)cc1)NC(=O)c1ccc(F)c(F)c1. The van der Waals surface area contributed by atoms with Gasteiger partial charge in [0.05, 0.1) is 5.56 Å². The maximum absolute atomic E-state index is 13.2. The van der Waals surface area contributed by atoms with Crippen molar-refractivity contribution in [1.82, 2.24) is 5.32 Å². The quantitative estimate of drug-likeness (QED) is 0.793. The van der Waals surface area contributed by atoms with E-state index in [1.807, 2.05) is 0 Å². The minimum absolute atomic E-state index is 0.164. The third-order valence-corrected chi connectivity index (χ3v) is 3.55. The van der Waals surface area contributed by atoms with E-state index in [4.69, 9.17) is 5.73 Å². The number of hydrogen-bond donors (Lipinski definition) is 2. The third kappa shape index (κ3) is 4.78. The first-order valence-corrected chi connectivity index (χ1v) is 7.29. The second-order valence-electron chi connectivity index (χ2n) is 5.46. The number of alkyl halides is 3. The molecule has 0 aromatic heterocycles. The fourth-order valence-corrected chi connectivity index (χ4v) is 2.17. The molecule has 0 radical (unpaired) electrons. The molecule has 2 amide bonds. The molecule has 3 N–H and O–H groups in total. The summed E-state index contributed by atoms with van der Waals surface area (Å²) in [4.78, 5) is 23.6. The Kier molecular flexibility index (Phi) is 5.59. The number of hydrogen-bond acceptors (Lipinski definition) is 2. The molecule has 2 aromatic rings. The van der Waals surface area contributed by atoms with Gasteiger partial charge in [-0.2, -0.15) is 13.2 Å². The number of carbonyl (C=O) groups excluding carboxylic acids is 2. The van der Waals surface area contributed by atoms with E-state index >= 15 is 0 Å². The molecule has 0 unspecified atom stereocenters. The molecule has 0 aliphatic heterocycles. The van der Waals surface area contributed by atoms with Crippen LogP contribution in [0.2, 0.25) is 0 Å². The summed E-state index contributed by atoms with van der Waals surface area (Å²) in [7, 11) is 0. The Labute approximate surface area is 144 Å². The Morgan fingerprint density at radius 3 is 2.12 bits per heavy atom. The minimum atomic E-state index is -4.50. The van der Waals surface area contributed by atoms with E-state index in [1.165, 1.54) is 0 Å². The van der Waals surface area contributed by atoms with E-state index in [9.17, 15) is 31.5 Å². The normalized spacial score (nSPS) is 12.5. The lowest BCUT2D eigenvalue weighted by Gasteiger charge is -2.16. The first kappa shape index (κ1) is 19.4. The topological polar surface area (TPSA) is 72.2 Å². The Balaban J connectivity index is 2.12. The van der Waals surface area contributed by atoms with Crippen LogP contribution in [0.5, 0.6) is 0 Å². The Bertz CT molecular complexity index is 819. The van der Waals surface area contributed by atoms with E-state index in [2.05, 4.69) is 5.32 Å². The largest absolute Gasteiger partial charge is 0.416 e. The van der Waals surface area contributed by atoms with Crippen LogP contribution < -0.4 is 11.1 Å². The summed E-state index contributed by atoms with van der Waals surface area (Å²) in [5.41, 5.74) is 4.43. The number of amides is 2. The van der Waals surface area contributed by atoms with Crippen molar-refractivity contribution in [2.24, 2.45) is 5.73 Å². The minimum Gasteiger partial charge on any atom is -0.368 e. The number of rotatable bonds is 5. The molecule has 0 bridgehead atoms. The molecule has 2 rings (SSSR count). The molecule has 0 aliphatic carbocycles. The van der Waals surface area contributed by atoms with Crippen LogP contribution in [0, 0.1) is 11.6 Å². The van der Waals surface area contributed by atoms with Gasteiger partial charge in [0.25, 0.3) is 5.91 Å². The van der Waals surface area contributed by atoms with Gasteiger partial charge in [-0.05, 0) is 35.9 Å². The highest BCUT2D eigenvalue weighted by Crippen LogP contribution is 2.29. The second-order valence-corrected chi connectivity index (χ2v) is 5.46. The van der Waals surface area contributed by atoms with E-state index in [0.717, 1.165) is 36.4 Å². The molecule has 9 heteroatoms. The van der Waals surface area contributed by atoms with Crippen molar-refractivity contribution in [2.45, 2.75) is 18.6 Å². The number of primary amides is 1. The van der Waals surface area contributed by atoms with Crippen molar-refractivity contribution >= 4 is 11.8 Å². The molecule has 138 valence electrons. The van der Waals surface area contributed by atoms with Gasteiger partial charge >= 0.3 is 6.18 Å². The predicted molar refractivity (Wildman–Crippen MR) is 82.0 cm³/mol. The number of benzene rings is 2.